The van der Waals surface area contributed by atoms with E-state index in [1.54, 1.807) is 0 Å². The van der Waals surface area contributed by atoms with Crippen LogP contribution in [0.2, 0.25) is 5.02 Å². The zero-order valence-corrected chi connectivity index (χ0v) is 22.5. The lowest BCUT2D eigenvalue weighted by Gasteiger charge is -2.17. The van der Waals surface area contributed by atoms with Crippen LogP contribution in [0.1, 0.15) is 21.6 Å². The number of amides is 1. The fraction of sp³-hybridized carbons (Fsp3) is 0.480. The van der Waals surface area contributed by atoms with Gasteiger partial charge in [0, 0.05) is 5.56 Å². The van der Waals surface area contributed by atoms with Gasteiger partial charge in [0.2, 0.25) is 5.88 Å². The Morgan fingerprint density at radius 3 is 2.62 bits per heavy atom. The van der Waals surface area contributed by atoms with Gasteiger partial charge in [-0.1, -0.05) is 11.6 Å². The fourth-order valence-corrected chi connectivity index (χ4v) is 6.56. The molecule has 0 spiro atoms. The van der Waals surface area contributed by atoms with Crippen molar-refractivity contribution in [1.82, 2.24) is 4.98 Å². The number of aliphatic hydroxyl groups is 1. The molecule has 1 aromatic heterocycles. The number of carbonyl (C=O) groups excluding carboxylic acids is 1. The van der Waals surface area contributed by atoms with Crippen molar-refractivity contribution in [3.8, 4) is 5.88 Å². The van der Waals surface area contributed by atoms with Gasteiger partial charge in [0.25, 0.3) is 5.91 Å². The molecule has 40 heavy (non-hydrogen) atoms. The largest absolute Gasteiger partial charge is 0.472 e. The highest BCUT2D eigenvalue weighted by molar-refractivity contribution is 7.94. The number of pyridine rings is 1. The number of halogens is 3. The van der Waals surface area contributed by atoms with Gasteiger partial charge in [-0.05, 0) is 18.2 Å². The molecule has 1 amide bonds. The first-order valence-electron chi connectivity index (χ1n) is 12.5. The predicted molar refractivity (Wildman–Crippen MR) is 137 cm³/mol. The number of nitrogens with zero attached hydrogens (tertiary/aromatic N) is 3. The molecule has 1 N–H and O–H groups in total. The van der Waals surface area contributed by atoms with Crippen LogP contribution in [-0.2, 0) is 41.7 Å². The summed E-state index contributed by atoms with van der Waals surface area (Å²) in [4.78, 5) is 21.2. The molecule has 15 heteroatoms. The summed E-state index contributed by atoms with van der Waals surface area (Å²) in [7, 11) is -2.83. The number of hydrogen-bond acceptors (Lipinski definition) is 10. The topological polar surface area (TPSA) is 138 Å². The number of fused-ring (bicyclic) bond motifs is 2. The van der Waals surface area contributed by atoms with Crippen LogP contribution in [0.15, 0.2) is 27.6 Å². The van der Waals surface area contributed by atoms with E-state index in [0.29, 0.717) is 17.3 Å². The molecule has 2 aromatic rings. The van der Waals surface area contributed by atoms with E-state index < -0.39 is 63.9 Å². The third kappa shape index (κ3) is 5.43. The summed E-state index contributed by atoms with van der Waals surface area (Å²) < 4.78 is 73.7. The maximum atomic E-state index is 14.8. The van der Waals surface area contributed by atoms with Gasteiger partial charge in [-0.15, -0.1) is 0 Å². The molecular weight excluding hydrogens is 576 g/mol. The quantitative estimate of drug-likeness (QED) is 0.549. The number of benzene rings is 1. The van der Waals surface area contributed by atoms with Gasteiger partial charge in [0.1, 0.15) is 41.6 Å². The highest BCUT2D eigenvalue weighted by Gasteiger charge is 2.49. The summed E-state index contributed by atoms with van der Waals surface area (Å²) >= 11 is 6.29. The first-order valence-corrected chi connectivity index (χ1v) is 14.7. The molecule has 4 aliphatic heterocycles. The Hall–Kier alpha value is -2.75. The third-order valence-electron chi connectivity index (χ3n) is 6.92. The van der Waals surface area contributed by atoms with E-state index in [1.165, 1.54) is 6.07 Å². The Kier molecular flexibility index (Phi) is 7.48. The van der Waals surface area contributed by atoms with Gasteiger partial charge in [0.15, 0.2) is 12.0 Å². The first kappa shape index (κ1) is 27.4. The molecule has 4 atom stereocenters. The normalized spacial score (nSPS) is 26.6. The van der Waals surface area contributed by atoms with E-state index in [2.05, 4.69) is 14.3 Å². The van der Waals surface area contributed by atoms with Gasteiger partial charge in [-0.2, -0.15) is 4.36 Å². The Balaban J connectivity index is 1.11. The van der Waals surface area contributed by atoms with E-state index in [9.17, 15) is 22.9 Å². The minimum Gasteiger partial charge on any atom is -0.472 e. The van der Waals surface area contributed by atoms with Crippen molar-refractivity contribution in [1.29, 1.82) is 0 Å². The number of ether oxygens (including phenoxy) is 5. The maximum absolute atomic E-state index is 14.8. The van der Waals surface area contributed by atoms with Crippen LogP contribution in [0.5, 0.6) is 5.88 Å². The molecule has 0 aliphatic carbocycles. The number of aliphatic imine (C=N–C) groups is 1. The summed E-state index contributed by atoms with van der Waals surface area (Å²) in [6.07, 6.45) is -1.77. The molecule has 0 unspecified atom stereocenters. The summed E-state index contributed by atoms with van der Waals surface area (Å²) in [5, 5.41) is 9.97. The molecule has 5 heterocycles. The number of carbonyl (C=O) groups is 1. The minimum atomic E-state index is -2.83. The van der Waals surface area contributed by atoms with Crippen LogP contribution in [-0.4, -0.2) is 88.5 Å². The molecule has 6 rings (SSSR count). The molecule has 3 fully saturated rings. The molecule has 0 bridgehead atoms. The van der Waals surface area contributed by atoms with Gasteiger partial charge in [0.05, 0.1) is 71.0 Å². The van der Waals surface area contributed by atoms with E-state index in [-0.39, 0.29) is 60.8 Å². The van der Waals surface area contributed by atoms with Crippen LogP contribution in [0.3, 0.4) is 0 Å². The lowest BCUT2D eigenvalue weighted by atomic mass is 10.1. The number of aromatic nitrogens is 1. The lowest BCUT2D eigenvalue weighted by Crippen LogP contribution is -2.34. The second kappa shape index (κ2) is 10.9. The van der Waals surface area contributed by atoms with Crippen molar-refractivity contribution in [2.45, 2.75) is 37.4 Å². The molecule has 1 aromatic carbocycles. The highest BCUT2D eigenvalue weighted by atomic mass is 35.5. The number of rotatable bonds is 5. The maximum Gasteiger partial charge on any atom is 0.285 e. The summed E-state index contributed by atoms with van der Waals surface area (Å²) in [6.45, 7) is 0.255. The van der Waals surface area contributed by atoms with E-state index in [1.807, 2.05) is 0 Å². The summed E-state index contributed by atoms with van der Waals surface area (Å²) in [5.41, 5.74) is 0.146. The van der Waals surface area contributed by atoms with Crippen molar-refractivity contribution < 1.29 is 46.6 Å². The first-order chi connectivity index (χ1) is 19.2. The Morgan fingerprint density at radius 2 is 1.88 bits per heavy atom. The van der Waals surface area contributed by atoms with Crippen LogP contribution >= 0.6 is 11.6 Å². The average molecular weight is 600 g/mol. The van der Waals surface area contributed by atoms with Gasteiger partial charge < -0.3 is 28.8 Å². The Bertz CT molecular complexity index is 1480. The molecule has 11 nitrogen and oxygen atoms in total. The summed E-state index contributed by atoms with van der Waals surface area (Å²) in [5.74, 6) is -2.57. The third-order valence-corrected chi connectivity index (χ3v) is 9.30. The SMILES string of the molecule is O=C(N=S1(=O)CCOCC1)c1cc(F)c(COc2nc3c(cc2Cl)N=C(O[C@@H]2CO[C@H]4[C@@H]2OC[C@H]4O)C3)c(F)c1. The summed E-state index contributed by atoms with van der Waals surface area (Å²) in [6, 6.07) is 3.16. The monoisotopic (exact) mass is 599 g/mol. The number of hydrogen-bond donors (Lipinski definition) is 1. The van der Waals surface area contributed by atoms with E-state index >= 15 is 0 Å². The van der Waals surface area contributed by atoms with Crippen molar-refractivity contribution >= 4 is 38.8 Å². The highest BCUT2D eigenvalue weighted by Crippen LogP contribution is 2.36. The molecule has 0 radical (unpaired) electrons. The molecular formula is C25H24ClF2N3O8S. The molecule has 3 saturated heterocycles. The predicted octanol–water partition coefficient (Wildman–Crippen LogP) is 2.36. The van der Waals surface area contributed by atoms with Crippen molar-refractivity contribution in [3.05, 3.63) is 51.7 Å². The molecule has 4 aliphatic rings. The van der Waals surface area contributed by atoms with Gasteiger partial charge >= 0.3 is 0 Å². The van der Waals surface area contributed by atoms with Gasteiger partial charge in [-0.3, -0.25) is 4.79 Å². The van der Waals surface area contributed by atoms with Crippen LogP contribution in [0, 0.1) is 11.6 Å². The van der Waals surface area contributed by atoms with Crippen LogP contribution in [0.25, 0.3) is 0 Å². The molecule has 0 saturated carbocycles. The molecule has 214 valence electrons. The van der Waals surface area contributed by atoms with Crippen molar-refractivity contribution in [2.24, 2.45) is 9.36 Å². The Morgan fingerprint density at radius 1 is 1.15 bits per heavy atom. The van der Waals surface area contributed by atoms with Crippen molar-refractivity contribution in [3.63, 3.8) is 0 Å². The second-order valence-corrected chi connectivity index (χ2v) is 12.6. The van der Waals surface area contributed by atoms with Crippen LogP contribution < -0.4 is 4.74 Å². The standard InChI is InChI=1S/C25H24ClF2N3O8S/c26-14-7-17-18(8-21(29-17)39-20-11-37-22-19(32)10-36-23(20)22)30-25(14)38-9-13-15(27)5-12(6-16(13)28)24(33)31-40(34)3-1-35-2-4-40/h5-7,19-20,22-23,32H,1-4,8-11H2/t19-,20-,22-,23-/m1/s1. The van der Waals surface area contributed by atoms with E-state index in [0.717, 1.165) is 12.1 Å². The second-order valence-electron chi connectivity index (χ2n) is 9.64. The fourth-order valence-electron chi connectivity index (χ4n) is 4.81. The number of aliphatic hydroxyl groups excluding tert-OH is 1. The Labute approximate surface area is 232 Å². The van der Waals surface area contributed by atoms with Gasteiger partial charge in [-0.25, -0.2) is 23.0 Å². The zero-order chi connectivity index (χ0) is 28.0. The van der Waals surface area contributed by atoms with E-state index in [4.69, 9.17) is 35.3 Å². The van der Waals surface area contributed by atoms with Crippen LogP contribution in [0.4, 0.5) is 14.5 Å². The smallest absolute Gasteiger partial charge is 0.285 e. The zero-order valence-electron chi connectivity index (χ0n) is 20.9. The minimum absolute atomic E-state index is 0.0613. The lowest BCUT2D eigenvalue weighted by molar-refractivity contribution is 0.00558. The van der Waals surface area contributed by atoms with Crippen molar-refractivity contribution in [2.75, 3.05) is 37.9 Å². The average Bonchev–Trinajstić information content (AvgIpc) is 3.60.